The molecule has 0 radical (unpaired) electrons. The van der Waals surface area contributed by atoms with E-state index in [1.54, 1.807) is 18.8 Å². The first-order valence-corrected chi connectivity index (χ1v) is 23.4. The molecule has 0 fully saturated rings. The number of thioether (sulfide) groups is 1. The van der Waals surface area contributed by atoms with Crippen LogP contribution in [0.4, 0.5) is 0 Å². The molecule has 0 aromatic heterocycles. The zero-order chi connectivity index (χ0) is 31.6. The summed E-state index contributed by atoms with van der Waals surface area (Å²) in [6.45, 7) is 22.5. The van der Waals surface area contributed by atoms with Crippen LogP contribution >= 0.6 is 11.8 Å². The van der Waals surface area contributed by atoms with Crippen molar-refractivity contribution in [2.75, 3.05) is 18.6 Å². The van der Waals surface area contributed by atoms with Gasteiger partial charge in [0.1, 0.15) is 5.60 Å². The van der Waals surface area contributed by atoms with Crippen molar-refractivity contribution in [2.45, 2.75) is 112 Å². The molecule has 4 atom stereocenters. The molecule has 4 unspecified atom stereocenters. The van der Waals surface area contributed by atoms with Crippen LogP contribution in [0.3, 0.4) is 0 Å². The van der Waals surface area contributed by atoms with Crippen LogP contribution in [0.2, 0.25) is 36.3 Å². The third kappa shape index (κ3) is 8.08. The van der Waals surface area contributed by atoms with Gasteiger partial charge in [0.15, 0.2) is 16.6 Å². The van der Waals surface area contributed by atoms with Gasteiger partial charge in [-0.15, -0.1) is 11.8 Å². The predicted molar refractivity (Wildman–Crippen MR) is 185 cm³/mol. The third-order valence-corrected chi connectivity index (χ3v) is 21.9. The van der Waals surface area contributed by atoms with Crippen LogP contribution in [-0.2, 0) is 18.6 Å². The number of hydrogen-bond acceptors (Lipinski definition) is 6. The zero-order valence-electron chi connectivity index (χ0n) is 27.6. The zero-order valence-corrected chi connectivity index (χ0v) is 31.2. The Hall–Kier alpha value is -1.21. The van der Waals surface area contributed by atoms with E-state index in [1.807, 2.05) is 60.7 Å². The Morgan fingerprint density at radius 1 is 0.881 bits per heavy atom. The van der Waals surface area contributed by atoms with Crippen LogP contribution in [0.25, 0.3) is 0 Å². The van der Waals surface area contributed by atoms with Crippen molar-refractivity contribution in [3.05, 3.63) is 72.3 Å². The number of aliphatic hydroxyl groups is 1. The third-order valence-electron chi connectivity index (χ3n) is 9.29. The van der Waals surface area contributed by atoms with Crippen LogP contribution in [0.15, 0.2) is 86.5 Å². The lowest BCUT2D eigenvalue weighted by molar-refractivity contribution is 0.0380. The van der Waals surface area contributed by atoms with E-state index in [0.717, 1.165) is 10.5 Å². The van der Waals surface area contributed by atoms with E-state index in [-0.39, 0.29) is 21.9 Å². The Morgan fingerprint density at radius 3 is 1.88 bits per heavy atom. The largest absolute Gasteiger partial charge is 0.411 e. The van der Waals surface area contributed by atoms with Gasteiger partial charge in [-0.3, -0.25) is 0 Å². The van der Waals surface area contributed by atoms with Crippen LogP contribution in [0.1, 0.15) is 48.0 Å². The first kappa shape index (κ1) is 35.3. The maximum absolute atomic E-state index is 14.5. The summed E-state index contributed by atoms with van der Waals surface area (Å²) in [5.41, 5.74) is -0.655. The normalized spacial score (nSPS) is 21.4. The second kappa shape index (κ2) is 13.0. The molecule has 1 aliphatic carbocycles. The molecule has 0 amide bonds. The van der Waals surface area contributed by atoms with E-state index in [0.29, 0.717) is 17.1 Å². The Kier molecular flexibility index (Phi) is 10.9. The maximum Gasteiger partial charge on any atom is 0.193 e. The molecule has 0 heterocycles. The van der Waals surface area contributed by atoms with Crippen LogP contribution in [0.5, 0.6) is 0 Å². The number of hydrogen-bond donors (Lipinski definition) is 1. The highest BCUT2D eigenvalue weighted by Gasteiger charge is 2.51. The summed E-state index contributed by atoms with van der Waals surface area (Å²) in [5.74, 6) is 0.308. The van der Waals surface area contributed by atoms with E-state index in [9.17, 15) is 9.32 Å². The van der Waals surface area contributed by atoms with Gasteiger partial charge in [-0.2, -0.15) is 0 Å². The topological polar surface area (TPSA) is 68.1 Å². The summed E-state index contributed by atoms with van der Waals surface area (Å²) < 4.78 is 33.1. The van der Waals surface area contributed by atoms with Crippen LogP contribution < -0.4 is 0 Å². The first-order valence-electron chi connectivity index (χ1n) is 14.9. The summed E-state index contributed by atoms with van der Waals surface area (Å²) in [4.78, 5) is 1.68. The lowest BCUT2D eigenvalue weighted by Gasteiger charge is -2.45. The van der Waals surface area contributed by atoms with Crippen LogP contribution in [0, 0.1) is 0 Å². The minimum absolute atomic E-state index is 0.0175. The molecule has 234 valence electrons. The van der Waals surface area contributed by atoms with Gasteiger partial charge in [0, 0.05) is 22.6 Å². The minimum Gasteiger partial charge on any atom is -0.411 e. The SMILES string of the molecule is CN=S(=O)(CC(O)(CSc1ccccc1)C1=CCC(O[Si](C)(C)C(C)(C)C)C1O[Si](C)(C)C(C)(C)C)c1ccccc1. The molecule has 1 aliphatic rings. The average molecular weight is 648 g/mol. The Balaban J connectivity index is 2.12. The van der Waals surface area contributed by atoms with E-state index in [2.05, 4.69) is 78.2 Å². The number of nitrogens with zero attached hydrogens (tertiary/aromatic N) is 1. The van der Waals surface area contributed by atoms with Crippen molar-refractivity contribution < 1.29 is 18.2 Å². The van der Waals surface area contributed by atoms with Crippen molar-refractivity contribution in [1.29, 1.82) is 0 Å². The standard InChI is InChI=1S/C33H53NO4S2Si2/c1-31(2,3)41(8,9)37-29-23-22-28(30(29)38-42(10,11)32(4,5)6)33(35,24-39-26-18-14-12-15-19-26)25-40(36,34-7)27-20-16-13-17-21-27/h12-22,29-30,35H,23-25H2,1-11H3. The maximum atomic E-state index is 14.5. The fraction of sp³-hybridized carbons (Fsp3) is 0.576. The summed E-state index contributed by atoms with van der Waals surface area (Å²) in [6, 6.07) is 19.4. The van der Waals surface area contributed by atoms with Crippen molar-refractivity contribution >= 4 is 38.1 Å². The lowest BCUT2D eigenvalue weighted by atomic mass is 9.94. The molecule has 0 saturated carbocycles. The molecule has 0 saturated heterocycles. The highest BCUT2D eigenvalue weighted by Crippen LogP contribution is 2.46. The Labute approximate surface area is 262 Å². The van der Waals surface area contributed by atoms with E-state index >= 15 is 0 Å². The van der Waals surface area contributed by atoms with Gasteiger partial charge in [0.2, 0.25) is 0 Å². The van der Waals surface area contributed by atoms with Gasteiger partial charge in [-0.1, -0.05) is 84.0 Å². The molecule has 9 heteroatoms. The molecule has 2 aromatic carbocycles. The molecule has 3 rings (SSSR count). The van der Waals surface area contributed by atoms with Gasteiger partial charge in [-0.25, -0.2) is 8.57 Å². The summed E-state index contributed by atoms with van der Waals surface area (Å²) in [6.07, 6.45) is 2.11. The molecule has 2 aromatic rings. The fourth-order valence-electron chi connectivity index (χ4n) is 4.57. The van der Waals surface area contributed by atoms with Crippen molar-refractivity contribution in [3.8, 4) is 0 Å². The quantitative estimate of drug-likeness (QED) is 0.150. The van der Waals surface area contributed by atoms with Crippen molar-refractivity contribution in [1.82, 2.24) is 0 Å². The minimum atomic E-state index is -2.93. The van der Waals surface area contributed by atoms with Crippen LogP contribution in [-0.4, -0.2) is 62.3 Å². The molecule has 0 bridgehead atoms. The number of rotatable bonds is 11. The molecule has 0 spiro atoms. The van der Waals surface area contributed by atoms with Gasteiger partial charge in [0.05, 0.1) is 27.7 Å². The monoisotopic (exact) mass is 647 g/mol. The van der Waals surface area contributed by atoms with E-state index < -0.39 is 38.1 Å². The molecule has 1 N–H and O–H groups in total. The van der Waals surface area contributed by atoms with Crippen molar-refractivity contribution in [2.24, 2.45) is 4.36 Å². The summed E-state index contributed by atoms with van der Waals surface area (Å²) in [5, 5.41) is 12.8. The van der Waals surface area contributed by atoms with Gasteiger partial charge in [-0.05, 0) is 72.5 Å². The Bertz CT molecular complexity index is 1340. The second-order valence-corrected chi connectivity index (χ2v) is 27.5. The highest BCUT2D eigenvalue weighted by molar-refractivity contribution is 7.99. The van der Waals surface area contributed by atoms with E-state index in [4.69, 9.17) is 8.85 Å². The molecule has 5 nitrogen and oxygen atoms in total. The van der Waals surface area contributed by atoms with E-state index in [1.165, 1.54) is 0 Å². The number of benzene rings is 2. The fourth-order valence-corrected chi connectivity index (χ4v) is 10.3. The molecular weight excluding hydrogens is 595 g/mol. The predicted octanol–water partition coefficient (Wildman–Crippen LogP) is 8.78. The highest BCUT2D eigenvalue weighted by atomic mass is 32.2. The van der Waals surface area contributed by atoms with Gasteiger partial charge in [0.25, 0.3) is 0 Å². The second-order valence-electron chi connectivity index (χ2n) is 14.5. The smallest absolute Gasteiger partial charge is 0.193 e. The lowest BCUT2D eigenvalue weighted by Crippen LogP contribution is -2.54. The first-order chi connectivity index (χ1) is 19.2. The molecule has 0 aliphatic heterocycles. The summed E-state index contributed by atoms with van der Waals surface area (Å²) >= 11 is 1.57. The van der Waals surface area contributed by atoms with Gasteiger partial charge < -0.3 is 14.0 Å². The molecular formula is C33H53NO4S2Si2. The van der Waals surface area contributed by atoms with Crippen molar-refractivity contribution in [3.63, 3.8) is 0 Å². The van der Waals surface area contributed by atoms with Gasteiger partial charge >= 0.3 is 0 Å². The Morgan fingerprint density at radius 2 is 1.38 bits per heavy atom. The molecule has 42 heavy (non-hydrogen) atoms. The average Bonchev–Trinajstić information content (AvgIpc) is 3.28. The summed E-state index contributed by atoms with van der Waals surface area (Å²) in [7, 11) is -5.79.